The summed E-state index contributed by atoms with van der Waals surface area (Å²) in [5.41, 5.74) is 2.69. The fraction of sp³-hybridized carbons (Fsp3) is 0.143. The van der Waals surface area contributed by atoms with Crippen LogP contribution >= 0.6 is 0 Å². The molecular weight excluding hydrogens is 240 g/mol. The normalized spacial score (nSPS) is 11.0. The maximum absolute atomic E-state index is 10.0. The van der Waals surface area contributed by atoms with E-state index in [1.807, 2.05) is 49.5 Å². The Labute approximate surface area is 107 Å². The number of diazo groups is 1. The van der Waals surface area contributed by atoms with Gasteiger partial charge >= 0.3 is 5.69 Å². The molecule has 0 amide bonds. The third-order valence-electron chi connectivity index (χ3n) is 2.91. The topological polar surface area (TPSA) is 48.4 Å². The smallest absolute Gasteiger partial charge is 0.385 e. The maximum atomic E-state index is 10.0. The van der Waals surface area contributed by atoms with Crippen LogP contribution in [0, 0.1) is 5.39 Å². The van der Waals surface area contributed by atoms with E-state index in [0.29, 0.717) is 5.69 Å². The summed E-state index contributed by atoms with van der Waals surface area (Å²) in [6.07, 6.45) is 0. The summed E-state index contributed by atoms with van der Waals surface area (Å²) in [6.45, 7) is 3.80. The van der Waals surface area contributed by atoms with E-state index in [0.717, 1.165) is 16.3 Å². The highest BCUT2D eigenvalue weighted by Crippen LogP contribution is 2.22. The van der Waals surface area contributed by atoms with Crippen molar-refractivity contribution in [3.05, 3.63) is 53.5 Å². The largest absolute Gasteiger partial charge is 0.428 e. The molecule has 0 aliphatic rings. The van der Waals surface area contributed by atoms with Crippen LogP contribution in [0.3, 0.4) is 0 Å². The van der Waals surface area contributed by atoms with Crippen molar-refractivity contribution in [2.75, 3.05) is 0 Å². The fourth-order valence-electron chi connectivity index (χ4n) is 1.79. The molecule has 0 heterocycles. The molecule has 18 heavy (non-hydrogen) atoms. The van der Waals surface area contributed by atoms with Crippen molar-refractivity contribution in [1.29, 1.82) is 5.39 Å². The first-order valence-corrected chi connectivity index (χ1v) is 8.74. The van der Waals surface area contributed by atoms with Crippen LogP contribution in [0.1, 0.15) is 0 Å². The number of hydrogen-bond donors (Lipinski definition) is 1. The SMILES string of the molecule is C[Si](C)(O)c1ccc(-c2ccc([N+]#N)cc2)cc1. The van der Waals surface area contributed by atoms with Gasteiger partial charge in [-0.15, -0.1) is 0 Å². The number of benzene rings is 2. The summed E-state index contributed by atoms with van der Waals surface area (Å²) < 4.78 is 0. The van der Waals surface area contributed by atoms with Gasteiger partial charge in [-0.2, -0.15) is 0 Å². The van der Waals surface area contributed by atoms with Crippen LogP contribution in [0.2, 0.25) is 13.1 Å². The van der Waals surface area contributed by atoms with Gasteiger partial charge < -0.3 is 4.80 Å². The summed E-state index contributed by atoms with van der Waals surface area (Å²) in [4.78, 5) is 13.1. The van der Waals surface area contributed by atoms with Gasteiger partial charge in [0.1, 0.15) is 0 Å². The number of rotatable bonds is 2. The Hall–Kier alpha value is -1.96. The molecule has 0 aromatic heterocycles. The van der Waals surface area contributed by atoms with Crippen LogP contribution in [0.15, 0.2) is 48.5 Å². The summed E-state index contributed by atoms with van der Waals surface area (Å²) >= 11 is 0. The van der Waals surface area contributed by atoms with E-state index in [1.54, 1.807) is 12.1 Å². The summed E-state index contributed by atoms with van der Waals surface area (Å²) in [5.74, 6) is 0. The van der Waals surface area contributed by atoms with Gasteiger partial charge in [-0.05, 0) is 41.5 Å². The number of hydrogen-bond acceptors (Lipinski definition) is 2. The average molecular weight is 255 g/mol. The molecule has 0 unspecified atom stereocenters. The standard InChI is InChI=1S/C14H15N2OSi/c1-18(2,17)14-9-5-12(6-10-14)11-3-7-13(16-15)8-4-11/h3-10,17H,1-2H3/q+1. The molecule has 2 aromatic carbocycles. The van der Waals surface area contributed by atoms with Gasteiger partial charge in [-0.3, -0.25) is 0 Å². The minimum Gasteiger partial charge on any atom is -0.428 e. The molecule has 0 spiro atoms. The molecule has 0 radical (unpaired) electrons. The van der Waals surface area contributed by atoms with E-state index < -0.39 is 8.32 Å². The molecule has 90 valence electrons. The Morgan fingerprint density at radius 3 is 1.72 bits per heavy atom. The summed E-state index contributed by atoms with van der Waals surface area (Å²) in [6, 6.07) is 15.3. The van der Waals surface area contributed by atoms with Crippen LogP contribution < -0.4 is 5.19 Å². The van der Waals surface area contributed by atoms with E-state index in [1.165, 1.54) is 0 Å². The van der Waals surface area contributed by atoms with Gasteiger partial charge in [0.25, 0.3) is 0 Å². The fourth-order valence-corrected chi connectivity index (χ4v) is 2.77. The predicted molar refractivity (Wildman–Crippen MR) is 76.0 cm³/mol. The minimum absolute atomic E-state index is 0.541. The second-order valence-electron chi connectivity index (χ2n) is 4.78. The third-order valence-corrected chi connectivity index (χ3v) is 4.65. The van der Waals surface area contributed by atoms with Gasteiger partial charge in [-0.25, -0.2) is 0 Å². The van der Waals surface area contributed by atoms with Gasteiger partial charge in [0.15, 0.2) is 4.98 Å². The minimum atomic E-state index is -2.22. The zero-order valence-electron chi connectivity index (χ0n) is 10.5. The van der Waals surface area contributed by atoms with Gasteiger partial charge in [0.2, 0.25) is 13.7 Å². The van der Waals surface area contributed by atoms with Crippen LogP contribution in [-0.4, -0.2) is 13.1 Å². The van der Waals surface area contributed by atoms with Crippen molar-refractivity contribution in [3.63, 3.8) is 0 Å². The molecule has 0 aliphatic carbocycles. The second-order valence-corrected chi connectivity index (χ2v) is 8.48. The van der Waals surface area contributed by atoms with Gasteiger partial charge in [0.05, 0.1) is 0 Å². The average Bonchev–Trinajstić information content (AvgIpc) is 2.38. The Morgan fingerprint density at radius 2 is 1.33 bits per heavy atom. The molecule has 2 aromatic rings. The van der Waals surface area contributed by atoms with Crippen molar-refractivity contribution in [2.45, 2.75) is 13.1 Å². The molecule has 3 nitrogen and oxygen atoms in total. The lowest BCUT2D eigenvalue weighted by Crippen LogP contribution is -2.41. The Balaban J connectivity index is 2.32. The number of nitrogens with zero attached hydrogens (tertiary/aromatic N) is 2. The third kappa shape index (κ3) is 2.64. The van der Waals surface area contributed by atoms with Crippen LogP contribution in [0.25, 0.3) is 16.1 Å². The Bertz CT molecular complexity index is 577. The summed E-state index contributed by atoms with van der Waals surface area (Å²) in [7, 11) is -2.22. The zero-order chi connectivity index (χ0) is 13.2. The molecule has 0 saturated heterocycles. The van der Waals surface area contributed by atoms with Crippen molar-refractivity contribution < 1.29 is 4.80 Å². The summed E-state index contributed by atoms with van der Waals surface area (Å²) in [5, 5.41) is 9.65. The zero-order valence-corrected chi connectivity index (χ0v) is 11.5. The highest BCUT2D eigenvalue weighted by Gasteiger charge is 2.19. The molecule has 0 fully saturated rings. The second kappa shape index (κ2) is 4.73. The lowest BCUT2D eigenvalue weighted by atomic mass is 10.1. The molecule has 2 rings (SSSR count). The van der Waals surface area contributed by atoms with Crippen molar-refractivity contribution in [2.24, 2.45) is 0 Å². The first kappa shape index (κ1) is 12.5. The van der Waals surface area contributed by atoms with E-state index in [4.69, 9.17) is 5.39 Å². The van der Waals surface area contributed by atoms with E-state index in [2.05, 4.69) is 4.98 Å². The van der Waals surface area contributed by atoms with Gasteiger partial charge in [-0.1, -0.05) is 24.3 Å². The van der Waals surface area contributed by atoms with Gasteiger partial charge in [0, 0.05) is 12.1 Å². The first-order chi connectivity index (χ1) is 8.50. The van der Waals surface area contributed by atoms with E-state index >= 15 is 0 Å². The van der Waals surface area contributed by atoms with Crippen LogP contribution in [-0.2, 0) is 0 Å². The highest BCUT2D eigenvalue weighted by atomic mass is 28.4. The van der Waals surface area contributed by atoms with Crippen LogP contribution in [0.5, 0.6) is 0 Å². The van der Waals surface area contributed by atoms with E-state index in [-0.39, 0.29) is 0 Å². The maximum Gasteiger partial charge on any atom is 0.385 e. The molecule has 0 saturated carbocycles. The highest BCUT2D eigenvalue weighted by molar-refractivity contribution is 6.83. The molecule has 0 bridgehead atoms. The predicted octanol–water partition coefficient (Wildman–Crippen LogP) is 3.24. The monoisotopic (exact) mass is 255 g/mol. The quantitative estimate of drug-likeness (QED) is 0.661. The van der Waals surface area contributed by atoms with E-state index in [9.17, 15) is 4.80 Å². The molecule has 1 N–H and O–H groups in total. The first-order valence-electron chi connectivity index (χ1n) is 5.79. The molecular formula is C14H15N2OSi+. The van der Waals surface area contributed by atoms with Crippen molar-refractivity contribution >= 4 is 19.2 Å². The molecule has 0 atom stereocenters. The molecule has 4 heteroatoms. The Morgan fingerprint density at radius 1 is 0.889 bits per heavy atom. The van der Waals surface area contributed by atoms with Crippen LogP contribution in [0.4, 0.5) is 5.69 Å². The lowest BCUT2D eigenvalue weighted by Gasteiger charge is -2.14. The Kier molecular flexibility index (Phi) is 3.28. The lowest BCUT2D eigenvalue weighted by molar-refractivity contribution is 0.568. The van der Waals surface area contributed by atoms with Crippen molar-refractivity contribution in [3.8, 4) is 11.1 Å². The van der Waals surface area contributed by atoms with Crippen molar-refractivity contribution in [1.82, 2.24) is 0 Å². The molecule has 0 aliphatic heterocycles.